The molecule has 1 heterocycles. The average molecular weight is 375 g/mol. The molecule has 2 aromatic carbocycles. The van der Waals surface area contributed by atoms with E-state index in [1.807, 2.05) is 0 Å². The first-order valence-electron chi connectivity index (χ1n) is 8.12. The normalized spacial score (nSPS) is 16.8. The Morgan fingerprint density at radius 3 is 2.58 bits per heavy atom. The fourth-order valence-corrected chi connectivity index (χ4v) is 3.27. The molecule has 0 aliphatic carbocycles. The van der Waals surface area contributed by atoms with E-state index in [9.17, 15) is 9.59 Å². The van der Waals surface area contributed by atoms with Crippen LogP contribution in [0.1, 0.15) is 22.0 Å². The summed E-state index contributed by atoms with van der Waals surface area (Å²) in [6, 6.07) is 11.2. The summed E-state index contributed by atoms with van der Waals surface area (Å²) in [6.45, 7) is 0.771. The van der Waals surface area contributed by atoms with Gasteiger partial charge >= 0.3 is 0 Å². The average Bonchev–Trinajstić information content (AvgIpc) is 2.67. The Labute approximate surface area is 156 Å². The molecule has 1 N–H and O–H groups in total. The van der Waals surface area contributed by atoms with E-state index in [2.05, 4.69) is 5.32 Å². The highest BCUT2D eigenvalue weighted by Gasteiger charge is 2.36. The summed E-state index contributed by atoms with van der Waals surface area (Å²) in [4.78, 5) is 27.2. The van der Waals surface area contributed by atoms with Crippen molar-refractivity contribution in [3.05, 3.63) is 58.6 Å². The Balaban J connectivity index is 1.99. The first kappa shape index (κ1) is 18.1. The molecular formula is C19H19ClN2O4. The van der Waals surface area contributed by atoms with Crippen LogP contribution >= 0.6 is 11.6 Å². The van der Waals surface area contributed by atoms with Crippen LogP contribution in [0.25, 0.3) is 0 Å². The van der Waals surface area contributed by atoms with Crippen molar-refractivity contribution in [2.75, 3.05) is 27.3 Å². The fourth-order valence-electron chi connectivity index (χ4n) is 3.03. The highest BCUT2D eigenvalue weighted by molar-refractivity contribution is 6.31. The van der Waals surface area contributed by atoms with E-state index in [0.717, 1.165) is 0 Å². The minimum absolute atomic E-state index is 0.252. The van der Waals surface area contributed by atoms with E-state index < -0.39 is 6.04 Å². The van der Waals surface area contributed by atoms with Crippen LogP contribution in [0.3, 0.4) is 0 Å². The van der Waals surface area contributed by atoms with E-state index >= 15 is 0 Å². The van der Waals surface area contributed by atoms with Crippen LogP contribution < -0.4 is 14.8 Å². The number of benzene rings is 2. The van der Waals surface area contributed by atoms with Crippen LogP contribution in [-0.4, -0.2) is 44.0 Å². The molecule has 1 atom stereocenters. The van der Waals surface area contributed by atoms with Crippen molar-refractivity contribution in [3.63, 3.8) is 0 Å². The molecule has 136 valence electrons. The number of nitrogens with zero attached hydrogens (tertiary/aromatic N) is 1. The lowest BCUT2D eigenvalue weighted by Gasteiger charge is -2.35. The molecule has 2 aromatic rings. The van der Waals surface area contributed by atoms with Crippen LogP contribution in [0, 0.1) is 0 Å². The van der Waals surface area contributed by atoms with Crippen LogP contribution in [0.4, 0.5) is 0 Å². The molecule has 3 rings (SSSR count). The van der Waals surface area contributed by atoms with Crippen LogP contribution in [0.2, 0.25) is 5.02 Å². The topological polar surface area (TPSA) is 67.9 Å². The van der Waals surface area contributed by atoms with Crippen molar-refractivity contribution in [3.8, 4) is 11.5 Å². The number of amides is 2. The predicted octanol–water partition coefficient (Wildman–Crippen LogP) is 2.67. The Morgan fingerprint density at radius 1 is 1.15 bits per heavy atom. The number of carbonyl (C=O) groups excluding carboxylic acids is 2. The Morgan fingerprint density at radius 2 is 1.88 bits per heavy atom. The third-order valence-corrected chi connectivity index (χ3v) is 4.65. The number of piperazine rings is 1. The standard InChI is InChI=1S/C19H19ClN2O4/c1-25-15-8-7-12(11-16(15)26-2)19(24)22-10-9-21-18(23)17(22)13-5-3-4-6-14(13)20/h3-8,11,17H,9-10H2,1-2H3,(H,21,23). The highest BCUT2D eigenvalue weighted by Crippen LogP contribution is 2.32. The quantitative estimate of drug-likeness (QED) is 0.893. The Bertz CT molecular complexity index is 840. The lowest BCUT2D eigenvalue weighted by atomic mass is 10.0. The first-order valence-corrected chi connectivity index (χ1v) is 8.49. The smallest absolute Gasteiger partial charge is 0.255 e. The zero-order valence-electron chi connectivity index (χ0n) is 14.5. The molecule has 0 radical (unpaired) electrons. The first-order chi connectivity index (χ1) is 12.6. The van der Waals surface area contributed by atoms with Crippen molar-refractivity contribution < 1.29 is 19.1 Å². The molecule has 1 fully saturated rings. The molecular weight excluding hydrogens is 356 g/mol. The zero-order valence-corrected chi connectivity index (χ0v) is 15.2. The Hall–Kier alpha value is -2.73. The molecule has 1 aliphatic heterocycles. The van der Waals surface area contributed by atoms with Crippen LogP contribution in [-0.2, 0) is 4.79 Å². The van der Waals surface area contributed by atoms with E-state index in [0.29, 0.717) is 40.7 Å². The van der Waals surface area contributed by atoms with Gasteiger partial charge in [0.15, 0.2) is 11.5 Å². The van der Waals surface area contributed by atoms with Crippen molar-refractivity contribution >= 4 is 23.4 Å². The maximum atomic E-state index is 13.1. The minimum atomic E-state index is -0.780. The van der Waals surface area contributed by atoms with E-state index in [4.69, 9.17) is 21.1 Å². The number of nitrogens with one attached hydrogen (secondary N) is 1. The summed E-state index contributed by atoms with van der Waals surface area (Å²) in [5, 5.41) is 3.24. The van der Waals surface area contributed by atoms with Crippen LogP contribution in [0.15, 0.2) is 42.5 Å². The van der Waals surface area contributed by atoms with Gasteiger partial charge in [-0.05, 0) is 24.3 Å². The van der Waals surface area contributed by atoms with Crippen molar-refractivity contribution in [1.82, 2.24) is 10.2 Å². The lowest BCUT2D eigenvalue weighted by Crippen LogP contribution is -2.52. The number of halogens is 1. The molecule has 7 heteroatoms. The predicted molar refractivity (Wildman–Crippen MR) is 97.8 cm³/mol. The number of rotatable bonds is 4. The number of methoxy groups -OCH3 is 2. The molecule has 1 saturated heterocycles. The molecule has 0 spiro atoms. The molecule has 0 bridgehead atoms. The lowest BCUT2D eigenvalue weighted by molar-refractivity contribution is -0.128. The highest BCUT2D eigenvalue weighted by atomic mass is 35.5. The Kier molecular flexibility index (Phi) is 5.32. The largest absolute Gasteiger partial charge is 0.493 e. The van der Waals surface area contributed by atoms with Gasteiger partial charge < -0.3 is 19.7 Å². The van der Waals surface area contributed by atoms with Gasteiger partial charge in [0, 0.05) is 29.2 Å². The molecule has 2 amide bonds. The number of hydrogen-bond acceptors (Lipinski definition) is 4. The molecule has 1 aliphatic rings. The summed E-state index contributed by atoms with van der Waals surface area (Å²) in [7, 11) is 3.04. The number of hydrogen-bond donors (Lipinski definition) is 1. The fraction of sp³-hybridized carbons (Fsp3) is 0.263. The molecule has 26 heavy (non-hydrogen) atoms. The van der Waals surface area contributed by atoms with Gasteiger partial charge in [-0.2, -0.15) is 0 Å². The summed E-state index contributed by atoms with van der Waals surface area (Å²) in [5.74, 6) is 0.459. The molecule has 0 aromatic heterocycles. The van der Waals surface area contributed by atoms with Gasteiger partial charge in [-0.1, -0.05) is 29.8 Å². The second-order valence-electron chi connectivity index (χ2n) is 5.78. The van der Waals surface area contributed by atoms with Crippen molar-refractivity contribution in [2.24, 2.45) is 0 Å². The van der Waals surface area contributed by atoms with Gasteiger partial charge in [-0.3, -0.25) is 9.59 Å². The third-order valence-electron chi connectivity index (χ3n) is 4.30. The maximum Gasteiger partial charge on any atom is 0.255 e. The molecule has 6 nitrogen and oxygen atoms in total. The minimum Gasteiger partial charge on any atom is -0.493 e. The third kappa shape index (κ3) is 3.32. The molecule has 1 unspecified atom stereocenters. The summed E-state index contributed by atoms with van der Waals surface area (Å²) < 4.78 is 10.5. The van der Waals surface area contributed by atoms with Gasteiger partial charge in [0.1, 0.15) is 6.04 Å². The SMILES string of the molecule is COc1ccc(C(=O)N2CCNC(=O)C2c2ccccc2Cl)cc1OC. The maximum absolute atomic E-state index is 13.1. The van der Waals surface area contributed by atoms with Gasteiger partial charge in [0.2, 0.25) is 5.91 Å². The van der Waals surface area contributed by atoms with E-state index in [-0.39, 0.29) is 11.8 Å². The summed E-state index contributed by atoms with van der Waals surface area (Å²) in [6.07, 6.45) is 0. The summed E-state index contributed by atoms with van der Waals surface area (Å²) in [5.41, 5.74) is 1.01. The van der Waals surface area contributed by atoms with Crippen LogP contribution in [0.5, 0.6) is 11.5 Å². The second-order valence-corrected chi connectivity index (χ2v) is 6.19. The van der Waals surface area contributed by atoms with Crippen molar-refractivity contribution in [2.45, 2.75) is 6.04 Å². The van der Waals surface area contributed by atoms with E-state index in [1.54, 1.807) is 42.5 Å². The van der Waals surface area contributed by atoms with Gasteiger partial charge in [-0.15, -0.1) is 0 Å². The molecule has 0 saturated carbocycles. The number of carbonyl (C=O) groups is 2. The number of ether oxygens (including phenoxy) is 2. The van der Waals surface area contributed by atoms with E-state index in [1.165, 1.54) is 19.1 Å². The zero-order chi connectivity index (χ0) is 18.7. The monoisotopic (exact) mass is 374 g/mol. The second kappa shape index (κ2) is 7.66. The van der Waals surface area contributed by atoms with Gasteiger partial charge in [0.05, 0.1) is 14.2 Å². The summed E-state index contributed by atoms with van der Waals surface area (Å²) >= 11 is 6.27. The van der Waals surface area contributed by atoms with Gasteiger partial charge in [-0.25, -0.2) is 0 Å². The van der Waals surface area contributed by atoms with Crippen molar-refractivity contribution in [1.29, 1.82) is 0 Å². The van der Waals surface area contributed by atoms with Gasteiger partial charge in [0.25, 0.3) is 5.91 Å².